The van der Waals surface area contributed by atoms with Crippen molar-refractivity contribution in [2.24, 2.45) is 0 Å². The number of hydrogen-bond donors (Lipinski definition) is 1. The lowest BCUT2D eigenvalue weighted by Crippen LogP contribution is -2.49. The summed E-state index contributed by atoms with van der Waals surface area (Å²) in [6.45, 7) is 1.59. The van der Waals surface area contributed by atoms with Crippen molar-refractivity contribution in [1.29, 1.82) is 5.26 Å². The van der Waals surface area contributed by atoms with Crippen LogP contribution >= 0.6 is 0 Å². The fourth-order valence-electron chi connectivity index (χ4n) is 3.38. The maximum atomic E-state index is 12.2. The largest absolute Gasteiger partial charge is 0.481 e. The van der Waals surface area contributed by atoms with E-state index in [1.165, 1.54) is 4.90 Å². The van der Waals surface area contributed by atoms with Gasteiger partial charge in [0.1, 0.15) is 12.0 Å². The van der Waals surface area contributed by atoms with Gasteiger partial charge in [0.05, 0.1) is 18.2 Å². The van der Waals surface area contributed by atoms with E-state index in [4.69, 9.17) is 15.1 Å². The lowest BCUT2D eigenvalue weighted by Gasteiger charge is -2.37. The molecule has 0 radical (unpaired) electrons. The summed E-state index contributed by atoms with van der Waals surface area (Å²) in [5.74, 6) is -1.55. The van der Waals surface area contributed by atoms with Gasteiger partial charge in [-0.1, -0.05) is 12.1 Å². The number of carbonyl (C=O) groups is 3. The molecule has 2 amide bonds. The minimum Gasteiger partial charge on any atom is -0.481 e. The molecule has 136 valence electrons. The van der Waals surface area contributed by atoms with Crippen LogP contribution in [0, 0.1) is 11.3 Å². The van der Waals surface area contributed by atoms with Crippen molar-refractivity contribution in [3.63, 3.8) is 0 Å². The molecule has 2 saturated heterocycles. The van der Waals surface area contributed by atoms with Gasteiger partial charge in [0.2, 0.25) is 5.91 Å². The third-order valence-electron chi connectivity index (χ3n) is 4.83. The Morgan fingerprint density at radius 3 is 2.46 bits per heavy atom. The van der Waals surface area contributed by atoms with Crippen molar-refractivity contribution in [3.05, 3.63) is 35.4 Å². The van der Waals surface area contributed by atoms with E-state index in [-0.39, 0.29) is 6.09 Å². The van der Waals surface area contributed by atoms with E-state index in [9.17, 15) is 14.4 Å². The van der Waals surface area contributed by atoms with Crippen LogP contribution in [0.1, 0.15) is 30.4 Å². The molecule has 0 saturated carbocycles. The molecule has 1 aromatic rings. The molecule has 0 bridgehead atoms. The Labute approximate surface area is 150 Å². The minimum absolute atomic E-state index is 0.379. The Balaban J connectivity index is 1.58. The quantitative estimate of drug-likeness (QED) is 0.814. The van der Waals surface area contributed by atoms with E-state index < -0.39 is 23.9 Å². The highest BCUT2D eigenvalue weighted by Crippen LogP contribution is 2.34. The number of carboxylic acids is 1. The number of nitriles is 1. The summed E-state index contributed by atoms with van der Waals surface area (Å²) in [5, 5.41) is 17.6. The van der Waals surface area contributed by atoms with Gasteiger partial charge in [-0.15, -0.1) is 0 Å². The first-order chi connectivity index (χ1) is 12.4. The number of ether oxygens (including phenoxy) is 1. The van der Waals surface area contributed by atoms with Crippen LogP contribution < -0.4 is 0 Å². The van der Waals surface area contributed by atoms with Gasteiger partial charge in [-0.2, -0.15) is 5.26 Å². The number of likely N-dealkylation sites (tertiary alicyclic amines) is 1. The van der Waals surface area contributed by atoms with Crippen molar-refractivity contribution < 1.29 is 24.2 Å². The number of amides is 2. The average molecular weight is 357 g/mol. The van der Waals surface area contributed by atoms with Crippen molar-refractivity contribution in [3.8, 4) is 6.07 Å². The monoisotopic (exact) mass is 357 g/mol. The Morgan fingerprint density at radius 2 is 1.88 bits per heavy atom. The first-order valence-corrected chi connectivity index (χ1v) is 8.37. The van der Waals surface area contributed by atoms with E-state index in [2.05, 4.69) is 6.07 Å². The molecule has 0 atom stereocenters. The topological polar surface area (TPSA) is 111 Å². The normalized spacial score (nSPS) is 18.5. The highest BCUT2D eigenvalue weighted by Gasteiger charge is 2.47. The molecule has 8 heteroatoms. The highest BCUT2D eigenvalue weighted by atomic mass is 16.6. The van der Waals surface area contributed by atoms with Crippen LogP contribution in [-0.2, 0) is 20.9 Å². The summed E-state index contributed by atoms with van der Waals surface area (Å²) < 4.78 is 5.61. The van der Waals surface area contributed by atoms with Crippen LogP contribution in [0.15, 0.2) is 24.3 Å². The molecule has 1 N–H and O–H groups in total. The van der Waals surface area contributed by atoms with Gasteiger partial charge >= 0.3 is 12.1 Å². The van der Waals surface area contributed by atoms with Gasteiger partial charge in [-0.3, -0.25) is 14.5 Å². The molecule has 2 heterocycles. The van der Waals surface area contributed by atoms with E-state index in [0.29, 0.717) is 44.6 Å². The molecule has 1 spiro atoms. The molecule has 2 fully saturated rings. The van der Waals surface area contributed by atoms with Crippen molar-refractivity contribution >= 4 is 18.0 Å². The number of hydrogen-bond acceptors (Lipinski definition) is 5. The molecule has 2 aliphatic rings. The van der Waals surface area contributed by atoms with Crippen LogP contribution in [0.4, 0.5) is 4.79 Å². The summed E-state index contributed by atoms with van der Waals surface area (Å²) in [6.07, 6.45) is 0.0826. The molecule has 26 heavy (non-hydrogen) atoms. The Hall–Kier alpha value is -3.08. The molecule has 0 unspecified atom stereocenters. The SMILES string of the molecule is N#Cc1ccc(CN2CC3(CCN(C(=O)CC(=O)O)CC3)OC2=O)cc1. The van der Waals surface area contributed by atoms with Crippen molar-refractivity contribution in [2.75, 3.05) is 19.6 Å². The fourth-order valence-corrected chi connectivity index (χ4v) is 3.38. The standard InChI is InChI=1S/C18H19N3O5/c19-10-13-1-3-14(4-2-13)11-21-12-18(26-17(21)25)5-7-20(8-6-18)15(22)9-16(23)24/h1-4H,5-9,11-12H2,(H,23,24). The zero-order valence-electron chi connectivity index (χ0n) is 14.2. The molecule has 0 aromatic heterocycles. The Kier molecular flexibility index (Phi) is 4.80. The third kappa shape index (κ3) is 3.77. The first-order valence-electron chi connectivity index (χ1n) is 8.37. The van der Waals surface area contributed by atoms with Gasteiger partial charge in [-0.05, 0) is 17.7 Å². The van der Waals surface area contributed by atoms with Crippen molar-refractivity contribution in [2.45, 2.75) is 31.4 Å². The molecule has 3 rings (SSSR count). The zero-order valence-corrected chi connectivity index (χ0v) is 14.2. The number of aliphatic carboxylic acids is 1. The molecule has 8 nitrogen and oxygen atoms in total. The lowest BCUT2D eigenvalue weighted by atomic mass is 9.91. The molecule has 0 aliphatic carbocycles. The van der Waals surface area contributed by atoms with Crippen molar-refractivity contribution in [1.82, 2.24) is 9.80 Å². The molecular weight excluding hydrogens is 338 g/mol. The maximum absolute atomic E-state index is 12.2. The number of nitrogens with zero attached hydrogens (tertiary/aromatic N) is 3. The number of benzene rings is 1. The Bertz CT molecular complexity index is 760. The summed E-state index contributed by atoms with van der Waals surface area (Å²) in [5.41, 5.74) is 0.851. The molecule has 2 aliphatic heterocycles. The van der Waals surface area contributed by atoms with E-state index in [1.54, 1.807) is 17.0 Å². The van der Waals surface area contributed by atoms with Gasteiger partial charge in [0.15, 0.2) is 0 Å². The third-order valence-corrected chi connectivity index (χ3v) is 4.83. The Morgan fingerprint density at radius 1 is 1.23 bits per heavy atom. The zero-order chi connectivity index (χ0) is 18.7. The maximum Gasteiger partial charge on any atom is 0.410 e. The lowest BCUT2D eigenvalue weighted by molar-refractivity contribution is -0.145. The fraction of sp³-hybridized carbons (Fsp3) is 0.444. The predicted molar refractivity (Wildman–Crippen MR) is 88.8 cm³/mol. The second-order valence-electron chi connectivity index (χ2n) is 6.67. The summed E-state index contributed by atoms with van der Waals surface area (Å²) in [6, 6.07) is 9.09. The molecular formula is C18H19N3O5. The predicted octanol–water partition coefficient (Wildman–Crippen LogP) is 1.35. The van der Waals surface area contributed by atoms with Gasteiger partial charge < -0.3 is 14.7 Å². The second kappa shape index (κ2) is 7.04. The second-order valence-corrected chi connectivity index (χ2v) is 6.67. The van der Waals surface area contributed by atoms with Crippen LogP contribution in [0.3, 0.4) is 0 Å². The first kappa shape index (κ1) is 17.7. The van der Waals surface area contributed by atoms with Crippen LogP contribution in [0.2, 0.25) is 0 Å². The number of rotatable bonds is 4. The summed E-state index contributed by atoms with van der Waals surface area (Å²) in [4.78, 5) is 37.9. The number of piperidine rings is 1. The summed E-state index contributed by atoms with van der Waals surface area (Å²) >= 11 is 0. The number of carboxylic acid groups (broad SMARTS) is 1. The van der Waals surface area contributed by atoms with Gasteiger partial charge in [0.25, 0.3) is 0 Å². The van der Waals surface area contributed by atoms with E-state index in [1.807, 2.05) is 12.1 Å². The minimum atomic E-state index is -1.14. The smallest absolute Gasteiger partial charge is 0.410 e. The van der Waals surface area contributed by atoms with Gasteiger partial charge in [-0.25, -0.2) is 4.79 Å². The molecule has 1 aromatic carbocycles. The number of carbonyl (C=O) groups excluding carboxylic acids is 2. The van der Waals surface area contributed by atoms with Crippen LogP contribution in [0.25, 0.3) is 0 Å². The van der Waals surface area contributed by atoms with Gasteiger partial charge in [0, 0.05) is 32.5 Å². The van der Waals surface area contributed by atoms with Crippen LogP contribution in [-0.4, -0.2) is 58.1 Å². The summed E-state index contributed by atoms with van der Waals surface area (Å²) in [7, 11) is 0. The van der Waals surface area contributed by atoms with E-state index in [0.717, 1.165) is 5.56 Å². The average Bonchev–Trinajstić information content (AvgIpc) is 2.90. The van der Waals surface area contributed by atoms with E-state index >= 15 is 0 Å². The highest BCUT2D eigenvalue weighted by molar-refractivity contribution is 5.93. The van der Waals surface area contributed by atoms with Crippen LogP contribution in [0.5, 0.6) is 0 Å².